The number of sulfonamides is 1. The number of benzene rings is 1. The summed E-state index contributed by atoms with van der Waals surface area (Å²) in [5.41, 5.74) is 1.36. The van der Waals surface area contributed by atoms with Crippen molar-refractivity contribution in [2.24, 2.45) is 5.92 Å². The van der Waals surface area contributed by atoms with E-state index in [4.69, 9.17) is 14.0 Å². The van der Waals surface area contributed by atoms with Gasteiger partial charge in [-0.1, -0.05) is 5.16 Å². The molecule has 0 spiro atoms. The summed E-state index contributed by atoms with van der Waals surface area (Å²) in [6.45, 7) is 1.93. The third-order valence-electron chi connectivity index (χ3n) is 5.11. The lowest BCUT2D eigenvalue weighted by Gasteiger charge is -2.21. The number of anilines is 1. The quantitative estimate of drug-likeness (QED) is 0.597. The maximum absolute atomic E-state index is 12.6. The molecule has 0 amide bonds. The van der Waals surface area contributed by atoms with E-state index >= 15 is 0 Å². The topological polar surface area (TPSA) is 108 Å². The number of ether oxygens (including phenoxy) is 2. The zero-order valence-electron chi connectivity index (χ0n) is 16.2. The molecular formula is C19H24N4O5S. The molecule has 3 aromatic rings. The summed E-state index contributed by atoms with van der Waals surface area (Å²) < 4.78 is 45.7. The Morgan fingerprint density at radius 3 is 2.86 bits per heavy atom. The predicted octanol–water partition coefficient (Wildman–Crippen LogP) is 2.64. The molecule has 1 aromatic carbocycles. The number of fused-ring (bicyclic) bond motifs is 1. The van der Waals surface area contributed by atoms with E-state index < -0.39 is 10.0 Å². The Labute approximate surface area is 169 Å². The van der Waals surface area contributed by atoms with Crippen LogP contribution in [0.25, 0.3) is 11.0 Å². The summed E-state index contributed by atoms with van der Waals surface area (Å²) in [5, 5.41) is 8.63. The fourth-order valence-corrected chi connectivity index (χ4v) is 4.73. The second kappa shape index (κ2) is 8.42. The molecule has 4 rings (SSSR count). The maximum atomic E-state index is 12.6. The lowest BCUT2D eigenvalue weighted by molar-refractivity contribution is 0.0656. The van der Waals surface area contributed by atoms with Crippen LogP contribution in [0.5, 0.6) is 5.75 Å². The van der Waals surface area contributed by atoms with Crippen LogP contribution in [0.15, 0.2) is 35.1 Å². The minimum Gasteiger partial charge on any atom is -0.496 e. The number of nitrogens with one attached hydrogen (secondary N) is 1. The number of rotatable bonds is 8. The Kier molecular flexibility index (Phi) is 5.72. The average Bonchev–Trinajstić information content (AvgIpc) is 3.37. The molecule has 0 radical (unpaired) electrons. The minimum absolute atomic E-state index is 0.0335. The minimum atomic E-state index is -3.55. The van der Waals surface area contributed by atoms with E-state index in [1.807, 2.05) is 24.4 Å². The molecular weight excluding hydrogens is 396 g/mol. The molecule has 0 bridgehead atoms. The van der Waals surface area contributed by atoms with Crippen molar-refractivity contribution in [1.29, 1.82) is 0 Å². The van der Waals surface area contributed by atoms with Gasteiger partial charge >= 0.3 is 0 Å². The van der Waals surface area contributed by atoms with Crippen molar-refractivity contribution in [1.82, 2.24) is 14.9 Å². The van der Waals surface area contributed by atoms with Crippen molar-refractivity contribution in [2.45, 2.75) is 25.8 Å². The number of hydrogen-bond acceptors (Lipinski definition) is 7. The van der Waals surface area contributed by atoms with Crippen LogP contribution in [0.1, 0.15) is 24.8 Å². The van der Waals surface area contributed by atoms with Gasteiger partial charge in [-0.2, -0.15) is 5.10 Å². The largest absolute Gasteiger partial charge is 0.496 e. The normalized spacial score (nSPS) is 15.6. The van der Waals surface area contributed by atoms with Gasteiger partial charge in [0.1, 0.15) is 11.1 Å². The SMILES string of the molecule is COc1cc(Cn2cccn2)cc2onc(NS(=O)(=O)CCC3CCOCC3)c12. The van der Waals surface area contributed by atoms with Crippen LogP contribution < -0.4 is 9.46 Å². The number of hydrogen-bond donors (Lipinski definition) is 1. The van der Waals surface area contributed by atoms with Crippen LogP contribution >= 0.6 is 0 Å². The summed E-state index contributed by atoms with van der Waals surface area (Å²) >= 11 is 0. The monoisotopic (exact) mass is 420 g/mol. The van der Waals surface area contributed by atoms with Gasteiger partial charge in [-0.3, -0.25) is 9.40 Å². The van der Waals surface area contributed by atoms with Crippen molar-refractivity contribution in [3.05, 3.63) is 36.2 Å². The molecule has 2 aromatic heterocycles. The summed E-state index contributed by atoms with van der Waals surface area (Å²) in [5.74, 6) is 1.04. The van der Waals surface area contributed by atoms with E-state index in [-0.39, 0.29) is 11.6 Å². The fourth-order valence-electron chi connectivity index (χ4n) is 3.55. The molecule has 0 saturated carbocycles. The molecule has 1 aliphatic heterocycles. The van der Waals surface area contributed by atoms with Gasteiger partial charge in [0, 0.05) is 25.6 Å². The van der Waals surface area contributed by atoms with Crippen molar-refractivity contribution >= 4 is 26.8 Å². The molecule has 10 heteroatoms. The first-order chi connectivity index (χ1) is 14.0. The molecule has 0 atom stereocenters. The fraction of sp³-hybridized carbons (Fsp3) is 0.474. The number of methoxy groups -OCH3 is 1. The number of nitrogens with zero attached hydrogens (tertiary/aromatic N) is 3. The summed E-state index contributed by atoms with van der Waals surface area (Å²) in [4.78, 5) is 0. The van der Waals surface area contributed by atoms with Crippen LogP contribution in [-0.4, -0.2) is 49.4 Å². The summed E-state index contributed by atoms with van der Waals surface area (Å²) in [6, 6.07) is 5.49. The van der Waals surface area contributed by atoms with E-state index in [1.54, 1.807) is 10.9 Å². The maximum Gasteiger partial charge on any atom is 0.233 e. The van der Waals surface area contributed by atoms with E-state index in [9.17, 15) is 8.42 Å². The Balaban J connectivity index is 1.52. The summed E-state index contributed by atoms with van der Waals surface area (Å²) in [6.07, 6.45) is 5.96. The zero-order chi connectivity index (χ0) is 20.3. The molecule has 29 heavy (non-hydrogen) atoms. The van der Waals surface area contributed by atoms with Crippen molar-refractivity contribution < 1.29 is 22.4 Å². The highest BCUT2D eigenvalue weighted by Gasteiger charge is 2.22. The van der Waals surface area contributed by atoms with Gasteiger partial charge in [-0.05, 0) is 48.9 Å². The van der Waals surface area contributed by atoms with Gasteiger partial charge < -0.3 is 14.0 Å². The third kappa shape index (κ3) is 4.70. The van der Waals surface area contributed by atoms with Crippen LogP contribution in [0, 0.1) is 5.92 Å². The van der Waals surface area contributed by atoms with Crippen molar-refractivity contribution in [2.75, 3.05) is 30.8 Å². The zero-order valence-corrected chi connectivity index (χ0v) is 17.0. The van der Waals surface area contributed by atoms with Crippen molar-refractivity contribution in [3.8, 4) is 5.75 Å². The first kappa shape index (κ1) is 19.7. The molecule has 1 aliphatic rings. The second-order valence-corrected chi connectivity index (χ2v) is 9.01. The van der Waals surface area contributed by atoms with Crippen LogP contribution in [0.3, 0.4) is 0 Å². The standard InChI is InChI=1S/C19H24N4O5S/c1-26-16-11-15(13-23-7-2-6-20-23)12-17-18(16)19(21-28-17)22-29(24,25)10-5-14-3-8-27-9-4-14/h2,6-7,11-12,14H,3-5,8-10,13H2,1H3,(H,21,22). The molecule has 0 aliphatic carbocycles. The second-order valence-electron chi connectivity index (χ2n) is 7.17. The van der Waals surface area contributed by atoms with Crippen LogP contribution in [0.2, 0.25) is 0 Å². The lowest BCUT2D eigenvalue weighted by atomic mass is 9.98. The molecule has 1 saturated heterocycles. The lowest BCUT2D eigenvalue weighted by Crippen LogP contribution is -2.22. The summed E-state index contributed by atoms with van der Waals surface area (Å²) in [7, 11) is -2.02. The average molecular weight is 420 g/mol. The first-order valence-electron chi connectivity index (χ1n) is 9.56. The van der Waals surface area contributed by atoms with Gasteiger partial charge in [0.15, 0.2) is 11.4 Å². The number of aromatic nitrogens is 3. The van der Waals surface area contributed by atoms with E-state index in [1.165, 1.54) is 7.11 Å². The molecule has 1 N–H and O–H groups in total. The Morgan fingerprint density at radius 1 is 1.31 bits per heavy atom. The van der Waals surface area contributed by atoms with E-state index in [0.717, 1.165) is 18.4 Å². The van der Waals surface area contributed by atoms with Gasteiger partial charge in [0.2, 0.25) is 10.0 Å². The van der Waals surface area contributed by atoms with Crippen molar-refractivity contribution in [3.63, 3.8) is 0 Å². The Bertz CT molecular complexity index is 1060. The van der Waals surface area contributed by atoms with Crippen LogP contribution in [-0.2, 0) is 21.3 Å². The van der Waals surface area contributed by atoms with Gasteiger partial charge in [-0.25, -0.2) is 8.42 Å². The van der Waals surface area contributed by atoms with E-state index in [0.29, 0.717) is 48.8 Å². The Hall–Kier alpha value is -2.59. The first-order valence-corrected chi connectivity index (χ1v) is 11.2. The van der Waals surface area contributed by atoms with Gasteiger partial charge in [-0.15, -0.1) is 0 Å². The molecule has 156 valence electrons. The van der Waals surface area contributed by atoms with E-state index in [2.05, 4.69) is 15.0 Å². The van der Waals surface area contributed by atoms with Gasteiger partial charge in [0.25, 0.3) is 0 Å². The van der Waals surface area contributed by atoms with Crippen LogP contribution in [0.4, 0.5) is 5.82 Å². The molecule has 0 unspecified atom stereocenters. The Morgan fingerprint density at radius 2 is 2.14 bits per heavy atom. The third-order valence-corrected chi connectivity index (χ3v) is 6.39. The molecule has 9 nitrogen and oxygen atoms in total. The highest BCUT2D eigenvalue weighted by Crippen LogP contribution is 2.34. The predicted molar refractivity (Wildman–Crippen MR) is 107 cm³/mol. The van der Waals surface area contributed by atoms with Gasteiger partial charge in [0.05, 0.1) is 19.4 Å². The molecule has 3 heterocycles. The smallest absolute Gasteiger partial charge is 0.233 e. The highest BCUT2D eigenvalue weighted by molar-refractivity contribution is 7.92. The molecule has 1 fully saturated rings. The highest BCUT2D eigenvalue weighted by atomic mass is 32.2.